The number of aliphatic carboxylic acids is 1. The summed E-state index contributed by atoms with van der Waals surface area (Å²) in [4.78, 5) is 10.4. The number of carbonyl (C=O) groups excluding carboxylic acids is 1. The van der Waals surface area contributed by atoms with Crippen molar-refractivity contribution in [2.24, 2.45) is 0 Å². The fraction of sp³-hybridized carbons (Fsp3) is 0.182. The summed E-state index contributed by atoms with van der Waals surface area (Å²) in [5.74, 6) is -1.01. The van der Waals surface area contributed by atoms with Gasteiger partial charge in [0.25, 0.3) is 0 Å². The first-order valence-corrected chi connectivity index (χ1v) is 4.24. The third-order valence-electron chi connectivity index (χ3n) is 2.27. The first-order chi connectivity index (χ1) is 6.27. The number of hydrogen-bond donors (Lipinski definition) is 0. The molecule has 0 amide bonds. The monoisotopic (exact) mass is 173 g/mol. The van der Waals surface area contributed by atoms with Gasteiger partial charge in [-0.15, -0.1) is 0 Å². The molecule has 2 rings (SSSR count). The smallest absolute Gasteiger partial charge is 0.0458 e. The maximum absolute atomic E-state index is 10.4. The predicted octanol–water partition coefficient (Wildman–Crippen LogP) is 0.766. The lowest BCUT2D eigenvalue weighted by Gasteiger charge is -2.05. The van der Waals surface area contributed by atoms with E-state index in [2.05, 4.69) is 0 Å². The number of rotatable bonds is 2. The van der Waals surface area contributed by atoms with Crippen LogP contribution in [0.3, 0.4) is 0 Å². The van der Waals surface area contributed by atoms with Crippen LogP contribution in [0.25, 0.3) is 5.57 Å². The van der Waals surface area contributed by atoms with Gasteiger partial charge in [-0.3, -0.25) is 0 Å². The van der Waals surface area contributed by atoms with Crippen LogP contribution in [0.5, 0.6) is 0 Å². The van der Waals surface area contributed by atoms with Crippen LogP contribution in [-0.2, 0) is 11.2 Å². The zero-order valence-corrected chi connectivity index (χ0v) is 7.12. The zero-order chi connectivity index (χ0) is 9.26. The molecule has 0 heterocycles. The number of fused-ring (bicyclic) bond motifs is 1. The topological polar surface area (TPSA) is 40.1 Å². The highest BCUT2D eigenvalue weighted by Gasteiger charge is 2.12. The van der Waals surface area contributed by atoms with Gasteiger partial charge < -0.3 is 9.90 Å². The molecule has 13 heavy (non-hydrogen) atoms. The van der Waals surface area contributed by atoms with E-state index >= 15 is 0 Å². The van der Waals surface area contributed by atoms with E-state index in [1.165, 1.54) is 5.56 Å². The van der Waals surface area contributed by atoms with Crippen LogP contribution in [0.15, 0.2) is 30.3 Å². The molecule has 0 bridgehead atoms. The summed E-state index contributed by atoms with van der Waals surface area (Å²) in [5, 5.41) is 10.4. The Balaban J connectivity index is 2.31. The molecule has 2 heteroatoms. The van der Waals surface area contributed by atoms with Crippen molar-refractivity contribution in [3.8, 4) is 0 Å². The fourth-order valence-electron chi connectivity index (χ4n) is 1.68. The average Bonchev–Trinajstić information content (AvgIpc) is 2.48. The normalized spacial score (nSPS) is 13.7. The minimum absolute atomic E-state index is 0.0248. The summed E-state index contributed by atoms with van der Waals surface area (Å²) in [5.41, 5.74) is 3.15. The van der Waals surface area contributed by atoms with E-state index in [4.69, 9.17) is 0 Å². The summed E-state index contributed by atoms with van der Waals surface area (Å²) >= 11 is 0. The molecule has 0 N–H and O–H groups in total. The summed E-state index contributed by atoms with van der Waals surface area (Å²) in [6, 6.07) is 7.87. The first kappa shape index (κ1) is 8.05. The Morgan fingerprint density at radius 3 is 2.92 bits per heavy atom. The molecule has 0 unspecified atom stereocenters. The largest absolute Gasteiger partial charge is 0.550 e. The van der Waals surface area contributed by atoms with Crippen LogP contribution < -0.4 is 5.11 Å². The molecular weight excluding hydrogens is 164 g/mol. The van der Waals surface area contributed by atoms with Crippen molar-refractivity contribution in [2.45, 2.75) is 12.8 Å². The van der Waals surface area contributed by atoms with Gasteiger partial charge in [0, 0.05) is 12.4 Å². The zero-order valence-electron chi connectivity index (χ0n) is 7.12. The lowest BCUT2D eigenvalue weighted by atomic mass is 10.0. The van der Waals surface area contributed by atoms with Gasteiger partial charge >= 0.3 is 0 Å². The van der Waals surface area contributed by atoms with E-state index in [0.717, 1.165) is 17.6 Å². The molecule has 0 atom stereocenters. The Kier molecular flexibility index (Phi) is 1.89. The van der Waals surface area contributed by atoms with E-state index in [0.29, 0.717) is 0 Å². The van der Waals surface area contributed by atoms with Gasteiger partial charge in [0.05, 0.1) is 0 Å². The molecule has 0 saturated heterocycles. The van der Waals surface area contributed by atoms with Crippen LogP contribution in [0.1, 0.15) is 17.5 Å². The van der Waals surface area contributed by atoms with Crippen molar-refractivity contribution in [1.29, 1.82) is 0 Å². The number of carboxylic acids is 1. The van der Waals surface area contributed by atoms with Crippen LogP contribution in [0.2, 0.25) is 0 Å². The molecule has 1 aromatic carbocycles. The van der Waals surface area contributed by atoms with Crippen molar-refractivity contribution in [3.63, 3.8) is 0 Å². The van der Waals surface area contributed by atoms with Gasteiger partial charge in [0.1, 0.15) is 0 Å². The fourth-order valence-corrected chi connectivity index (χ4v) is 1.68. The van der Waals surface area contributed by atoms with E-state index in [1.54, 1.807) is 0 Å². The van der Waals surface area contributed by atoms with Crippen LogP contribution >= 0.6 is 0 Å². The number of hydrogen-bond acceptors (Lipinski definition) is 2. The van der Waals surface area contributed by atoms with E-state index in [9.17, 15) is 9.90 Å². The van der Waals surface area contributed by atoms with Gasteiger partial charge in [0.15, 0.2) is 0 Å². The molecule has 66 valence electrons. The van der Waals surface area contributed by atoms with Gasteiger partial charge in [-0.2, -0.15) is 0 Å². The maximum Gasteiger partial charge on any atom is 0.0458 e. The highest BCUT2D eigenvalue weighted by molar-refractivity contribution is 5.85. The lowest BCUT2D eigenvalue weighted by molar-refractivity contribution is -0.304. The van der Waals surface area contributed by atoms with Crippen molar-refractivity contribution < 1.29 is 9.90 Å². The van der Waals surface area contributed by atoms with Gasteiger partial charge in [-0.05, 0) is 23.1 Å². The Bertz CT molecular complexity index is 377. The van der Waals surface area contributed by atoms with E-state index in [1.807, 2.05) is 30.3 Å². The van der Waals surface area contributed by atoms with Crippen molar-refractivity contribution in [2.75, 3.05) is 0 Å². The highest BCUT2D eigenvalue weighted by atomic mass is 16.4. The summed E-state index contributed by atoms with van der Waals surface area (Å²) < 4.78 is 0. The molecule has 2 nitrogen and oxygen atoms in total. The second-order valence-corrected chi connectivity index (χ2v) is 3.14. The first-order valence-electron chi connectivity index (χ1n) is 4.24. The van der Waals surface area contributed by atoms with Gasteiger partial charge in [0.2, 0.25) is 0 Å². The summed E-state index contributed by atoms with van der Waals surface area (Å²) in [7, 11) is 0. The van der Waals surface area contributed by atoms with Crippen LogP contribution in [0.4, 0.5) is 0 Å². The molecule has 1 aliphatic carbocycles. The Morgan fingerprint density at radius 2 is 2.15 bits per heavy atom. The quantitative estimate of drug-likeness (QED) is 0.662. The molecule has 0 saturated carbocycles. The third-order valence-corrected chi connectivity index (χ3v) is 2.27. The van der Waals surface area contributed by atoms with Crippen molar-refractivity contribution in [1.82, 2.24) is 0 Å². The molecule has 1 aromatic rings. The highest BCUT2D eigenvalue weighted by Crippen LogP contribution is 2.28. The maximum atomic E-state index is 10.4. The minimum Gasteiger partial charge on any atom is -0.550 e. The van der Waals surface area contributed by atoms with E-state index < -0.39 is 5.97 Å². The predicted molar refractivity (Wildman–Crippen MR) is 47.7 cm³/mol. The second-order valence-electron chi connectivity index (χ2n) is 3.14. The molecule has 0 radical (unpaired) electrons. The molecule has 0 aromatic heterocycles. The van der Waals surface area contributed by atoms with Gasteiger partial charge in [-0.1, -0.05) is 30.3 Å². The van der Waals surface area contributed by atoms with Crippen molar-refractivity contribution >= 4 is 11.5 Å². The van der Waals surface area contributed by atoms with Crippen LogP contribution in [0, 0.1) is 0 Å². The number of benzene rings is 1. The Morgan fingerprint density at radius 1 is 1.38 bits per heavy atom. The lowest BCUT2D eigenvalue weighted by Crippen LogP contribution is -2.21. The van der Waals surface area contributed by atoms with Crippen LogP contribution in [-0.4, -0.2) is 5.97 Å². The van der Waals surface area contributed by atoms with Crippen molar-refractivity contribution in [3.05, 3.63) is 41.5 Å². The Hall–Kier alpha value is -1.57. The second kappa shape index (κ2) is 3.05. The average molecular weight is 173 g/mol. The molecule has 0 aliphatic heterocycles. The molecule has 0 fully saturated rings. The molecular formula is C11H9O2-. The summed E-state index contributed by atoms with van der Waals surface area (Å²) in [6.45, 7) is 0. The third kappa shape index (κ3) is 1.47. The molecule has 0 spiro atoms. The minimum atomic E-state index is -1.01. The Labute approximate surface area is 76.5 Å². The summed E-state index contributed by atoms with van der Waals surface area (Å²) in [6.07, 6.45) is 2.83. The van der Waals surface area contributed by atoms with Gasteiger partial charge in [-0.25, -0.2) is 0 Å². The van der Waals surface area contributed by atoms with E-state index in [-0.39, 0.29) is 6.42 Å². The standard InChI is InChI=1S/C11H10O2/c12-11(13)7-9-6-5-8-3-1-2-4-10(8)9/h1-4,6H,5,7H2,(H,12,13)/p-1. The molecule has 1 aliphatic rings. The number of allylic oxidation sites excluding steroid dienone is 1. The number of carbonyl (C=O) groups is 1. The number of carboxylic acid groups (broad SMARTS) is 1. The SMILES string of the molecule is O=C([O-])CC1=CCc2ccccc21.